The van der Waals surface area contributed by atoms with Gasteiger partial charge in [-0.25, -0.2) is 13.6 Å². The van der Waals surface area contributed by atoms with Gasteiger partial charge in [-0.2, -0.15) is 0 Å². The third kappa shape index (κ3) is 3.97. The normalized spacial score (nSPS) is 10.3. The van der Waals surface area contributed by atoms with Gasteiger partial charge in [-0.15, -0.1) is 0 Å². The summed E-state index contributed by atoms with van der Waals surface area (Å²) < 4.78 is 26.0. The molecular weight excluding hydrogens is 345 g/mol. The van der Waals surface area contributed by atoms with Crippen LogP contribution in [-0.4, -0.2) is 6.03 Å². The van der Waals surface area contributed by atoms with Crippen molar-refractivity contribution >= 4 is 52.2 Å². The van der Waals surface area contributed by atoms with Crippen LogP contribution in [0.4, 0.5) is 25.0 Å². The summed E-state index contributed by atoms with van der Waals surface area (Å²) in [4.78, 5) is 11.8. The quantitative estimate of drug-likeness (QED) is 0.682. The van der Waals surface area contributed by atoms with Gasteiger partial charge in [0.25, 0.3) is 0 Å². The average Bonchev–Trinajstić information content (AvgIpc) is 2.40. The Balaban J connectivity index is 2.11. The maximum atomic E-state index is 13.1. The molecule has 0 aliphatic heterocycles. The van der Waals surface area contributed by atoms with E-state index in [1.54, 1.807) is 0 Å². The van der Waals surface area contributed by atoms with Crippen LogP contribution in [0.5, 0.6) is 0 Å². The molecule has 0 aliphatic rings. The van der Waals surface area contributed by atoms with E-state index in [9.17, 15) is 13.6 Å². The summed E-state index contributed by atoms with van der Waals surface area (Å²) in [6.45, 7) is 0. The maximum absolute atomic E-state index is 13.1. The van der Waals surface area contributed by atoms with Crippen LogP contribution in [0.15, 0.2) is 30.3 Å². The largest absolute Gasteiger partial charge is 0.323 e. The Labute approximate surface area is 133 Å². The van der Waals surface area contributed by atoms with E-state index < -0.39 is 17.7 Å². The van der Waals surface area contributed by atoms with Crippen molar-refractivity contribution in [2.45, 2.75) is 0 Å². The molecule has 2 aromatic carbocycles. The predicted octanol–water partition coefficient (Wildman–Crippen LogP) is 5.57. The Bertz CT molecular complexity index is 710. The van der Waals surface area contributed by atoms with Crippen molar-refractivity contribution in [3.63, 3.8) is 0 Å². The lowest BCUT2D eigenvalue weighted by atomic mass is 10.3. The topological polar surface area (TPSA) is 41.1 Å². The van der Waals surface area contributed by atoms with Crippen molar-refractivity contribution < 1.29 is 13.6 Å². The molecule has 0 aliphatic carbocycles. The second kappa shape index (κ2) is 6.47. The summed E-state index contributed by atoms with van der Waals surface area (Å²) in [5.74, 6) is -2.22. The first kappa shape index (κ1) is 15.8. The number of carbonyl (C=O) groups is 1. The van der Waals surface area contributed by atoms with Gasteiger partial charge in [0.1, 0.15) is 0 Å². The van der Waals surface area contributed by atoms with Gasteiger partial charge in [0, 0.05) is 11.8 Å². The third-order valence-corrected chi connectivity index (χ3v) is 3.49. The third-order valence-electron chi connectivity index (χ3n) is 2.44. The van der Waals surface area contributed by atoms with E-state index in [0.29, 0.717) is 10.7 Å². The summed E-state index contributed by atoms with van der Waals surface area (Å²) in [7, 11) is 0. The molecule has 0 bridgehead atoms. The van der Waals surface area contributed by atoms with E-state index >= 15 is 0 Å². The lowest BCUT2D eigenvalue weighted by Crippen LogP contribution is -2.19. The second-order valence-corrected chi connectivity index (χ2v) is 5.18. The Morgan fingerprint density at radius 1 is 0.857 bits per heavy atom. The van der Waals surface area contributed by atoms with Crippen LogP contribution in [0.2, 0.25) is 15.1 Å². The lowest BCUT2D eigenvalue weighted by Gasteiger charge is -2.10. The second-order valence-electron chi connectivity index (χ2n) is 3.95. The smallest absolute Gasteiger partial charge is 0.308 e. The fraction of sp³-hybridized carbons (Fsp3) is 0. The van der Waals surface area contributed by atoms with Gasteiger partial charge in [-0.05, 0) is 24.3 Å². The van der Waals surface area contributed by atoms with Crippen LogP contribution in [0.1, 0.15) is 0 Å². The van der Waals surface area contributed by atoms with Crippen molar-refractivity contribution in [3.05, 3.63) is 57.0 Å². The number of benzene rings is 2. The zero-order valence-corrected chi connectivity index (χ0v) is 12.5. The van der Waals surface area contributed by atoms with Gasteiger partial charge < -0.3 is 10.6 Å². The monoisotopic (exact) mass is 350 g/mol. The van der Waals surface area contributed by atoms with Gasteiger partial charge in [0.05, 0.1) is 20.8 Å². The molecular formula is C13H7Cl3F2N2O. The number of hydrogen-bond acceptors (Lipinski definition) is 1. The number of anilines is 2. The Hall–Kier alpha value is -1.56. The molecule has 0 spiro atoms. The van der Waals surface area contributed by atoms with E-state index in [0.717, 1.165) is 12.1 Å². The molecule has 21 heavy (non-hydrogen) atoms. The van der Waals surface area contributed by atoms with Crippen LogP contribution in [-0.2, 0) is 0 Å². The fourth-order valence-corrected chi connectivity index (χ4v) is 1.97. The average molecular weight is 352 g/mol. The van der Waals surface area contributed by atoms with Crippen molar-refractivity contribution in [2.24, 2.45) is 0 Å². The summed E-state index contributed by atoms with van der Waals surface area (Å²) in [5.41, 5.74) is 0.314. The summed E-state index contributed by atoms with van der Waals surface area (Å²) in [6, 6.07) is 5.33. The molecule has 2 amide bonds. The SMILES string of the molecule is O=C(Nc1ccc(Cl)c(Cl)c1)Nc1cc(F)c(F)cc1Cl. The number of halogens is 5. The lowest BCUT2D eigenvalue weighted by molar-refractivity contribution is 0.262. The summed E-state index contributed by atoms with van der Waals surface area (Å²) >= 11 is 17.3. The molecule has 2 rings (SSSR count). The van der Waals surface area contributed by atoms with Crippen molar-refractivity contribution in [2.75, 3.05) is 10.6 Å². The highest BCUT2D eigenvalue weighted by Gasteiger charge is 2.11. The number of amides is 2. The van der Waals surface area contributed by atoms with Crippen LogP contribution in [0.25, 0.3) is 0 Å². The van der Waals surface area contributed by atoms with Gasteiger partial charge in [-0.3, -0.25) is 0 Å². The zero-order valence-electron chi connectivity index (χ0n) is 10.2. The van der Waals surface area contributed by atoms with Crippen LogP contribution < -0.4 is 10.6 Å². The molecule has 3 nitrogen and oxygen atoms in total. The van der Waals surface area contributed by atoms with Gasteiger partial charge in [0.15, 0.2) is 11.6 Å². The molecule has 0 heterocycles. The first-order chi connectivity index (χ1) is 9.86. The molecule has 0 radical (unpaired) electrons. The fourth-order valence-electron chi connectivity index (χ4n) is 1.48. The van der Waals surface area contributed by atoms with Crippen LogP contribution >= 0.6 is 34.8 Å². The van der Waals surface area contributed by atoms with E-state index in [1.807, 2.05) is 0 Å². The highest BCUT2D eigenvalue weighted by Crippen LogP contribution is 2.26. The molecule has 8 heteroatoms. The summed E-state index contributed by atoms with van der Waals surface area (Å²) in [5, 5.41) is 5.22. The highest BCUT2D eigenvalue weighted by molar-refractivity contribution is 6.42. The maximum Gasteiger partial charge on any atom is 0.323 e. The van der Waals surface area contributed by atoms with E-state index in [2.05, 4.69) is 10.6 Å². The predicted molar refractivity (Wildman–Crippen MR) is 80.5 cm³/mol. The number of hydrogen-bond donors (Lipinski definition) is 2. The highest BCUT2D eigenvalue weighted by atomic mass is 35.5. The molecule has 0 fully saturated rings. The molecule has 110 valence electrons. The van der Waals surface area contributed by atoms with E-state index in [-0.39, 0.29) is 15.7 Å². The molecule has 0 saturated heterocycles. The summed E-state index contributed by atoms with van der Waals surface area (Å²) in [6.07, 6.45) is 0. The minimum absolute atomic E-state index is 0.0619. The molecule has 2 aromatic rings. The first-order valence-corrected chi connectivity index (χ1v) is 6.68. The van der Waals surface area contributed by atoms with E-state index in [4.69, 9.17) is 34.8 Å². The van der Waals surface area contributed by atoms with Crippen LogP contribution in [0.3, 0.4) is 0 Å². The molecule has 0 saturated carbocycles. The van der Waals surface area contributed by atoms with Crippen molar-refractivity contribution in [3.8, 4) is 0 Å². The number of urea groups is 1. The number of nitrogens with one attached hydrogen (secondary N) is 2. The first-order valence-electron chi connectivity index (χ1n) is 5.54. The van der Waals surface area contributed by atoms with Gasteiger partial charge in [0.2, 0.25) is 0 Å². The Morgan fingerprint density at radius 2 is 1.52 bits per heavy atom. The minimum Gasteiger partial charge on any atom is -0.308 e. The molecule has 2 N–H and O–H groups in total. The number of rotatable bonds is 2. The minimum atomic E-state index is -1.12. The Morgan fingerprint density at radius 3 is 2.19 bits per heavy atom. The van der Waals surface area contributed by atoms with Crippen molar-refractivity contribution in [1.29, 1.82) is 0 Å². The Kier molecular flexibility index (Phi) is 4.88. The molecule has 0 aromatic heterocycles. The standard InChI is InChI=1S/C13H7Cl3F2N2O/c14-7-2-1-6(3-8(7)15)19-13(21)20-12-5-11(18)10(17)4-9(12)16/h1-5H,(H2,19,20,21). The van der Waals surface area contributed by atoms with Crippen molar-refractivity contribution in [1.82, 2.24) is 0 Å². The van der Waals surface area contributed by atoms with E-state index in [1.165, 1.54) is 18.2 Å². The van der Waals surface area contributed by atoms with Gasteiger partial charge in [-0.1, -0.05) is 34.8 Å². The zero-order chi connectivity index (χ0) is 15.6. The van der Waals surface area contributed by atoms with Gasteiger partial charge >= 0.3 is 6.03 Å². The molecule has 0 unspecified atom stereocenters. The van der Waals surface area contributed by atoms with Crippen LogP contribution in [0, 0.1) is 11.6 Å². The molecule has 0 atom stereocenters. The number of carbonyl (C=O) groups excluding carboxylic acids is 1.